The van der Waals surface area contributed by atoms with Gasteiger partial charge in [0, 0.05) is 34.2 Å². The van der Waals surface area contributed by atoms with E-state index in [1.807, 2.05) is 24.3 Å². The molecule has 0 saturated heterocycles. The van der Waals surface area contributed by atoms with Crippen LogP contribution in [0.25, 0.3) is 10.6 Å². The Balaban J connectivity index is 1.28. The topological polar surface area (TPSA) is 146 Å². The fourth-order valence-electron chi connectivity index (χ4n) is 4.13. The average Bonchev–Trinajstić information content (AvgIpc) is 3.37. The van der Waals surface area contributed by atoms with Crippen LogP contribution in [0.4, 0.5) is 4.79 Å². The lowest BCUT2D eigenvalue weighted by Crippen LogP contribution is -2.22. The molecule has 0 radical (unpaired) electrons. The van der Waals surface area contributed by atoms with Gasteiger partial charge in [-0.2, -0.15) is 0 Å². The number of carbonyl (C=O) groups excluding carboxylic acids is 3. The maximum atomic E-state index is 13.2. The number of ketones is 1. The minimum absolute atomic E-state index is 0.0180. The van der Waals surface area contributed by atoms with Gasteiger partial charge in [-0.1, -0.05) is 42.5 Å². The lowest BCUT2D eigenvalue weighted by molar-refractivity contribution is 0.0948. The Kier molecular flexibility index (Phi) is 6.79. The molecule has 5 rings (SSSR count). The van der Waals surface area contributed by atoms with E-state index in [0.29, 0.717) is 5.56 Å². The summed E-state index contributed by atoms with van der Waals surface area (Å²) in [5.41, 5.74) is 7.35. The van der Waals surface area contributed by atoms with E-state index in [1.165, 1.54) is 41.7 Å². The SMILES string of the molecule is NC(=O)OCc1ccc(-c2ncc(CNC(=O)c3ccc4c(c3)CC(=O)c3ccccc3S4(=O)=O)s2)cc1. The summed E-state index contributed by atoms with van der Waals surface area (Å²) in [7, 11) is -3.89. The number of aromatic nitrogens is 1. The normalized spacial score (nSPS) is 13.6. The van der Waals surface area contributed by atoms with Crippen molar-refractivity contribution in [3.63, 3.8) is 0 Å². The number of ether oxygens (including phenoxy) is 1. The number of carbonyl (C=O) groups is 3. The molecule has 0 bridgehead atoms. The zero-order valence-corrected chi connectivity index (χ0v) is 21.5. The molecule has 1 aromatic heterocycles. The third kappa shape index (κ3) is 5.06. The highest BCUT2D eigenvalue weighted by Crippen LogP contribution is 2.32. The van der Waals surface area contributed by atoms with Crippen molar-refractivity contribution in [3.05, 3.63) is 100 Å². The van der Waals surface area contributed by atoms with Gasteiger partial charge in [-0.3, -0.25) is 9.59 Å². The number of primary amides is 1. The molecule has 0 aliphatic carbocycles. The molecular weight excluding hydrogens is 526 g/mol. The molecular formula is C27H21N3O6S2. The smallest absolute Gasteiger partial charge is 0.404 e. The molecule has 1 aliphatic rings. The van der Waals surface area contributed by atoms with Crippen molar-refractivity contribution in [2.45, 2.75) is 29.4 Å². The number of thiazole rings is 1. The molecule has 0 spiro atoms. The minimum atomic E-state index is -3.89. The molecule has 11 heteroatoms. The van der Waals surface area contributed by atoms with Gasteiger partial charge in [0.15, 0.2) is 5.78 Å². The fraction of sp³-hybridized carbons (Fsp3) is 0.111. The van der Waals surface area contributed by atoms with E-state index >= 15 is 0 Å². The van der Waals surface area contributed by atoms with E-state index in [0.717, 1.165) is 21.0 Å². The Bertz CT molecular complexity index is 1680. The number of benzene rings is 3. The number of nitrogens with zero attached hydrogens (tertiary/aromatic N) is 1. The van der Waals surface area contributed by atoms with Crippen LogP contribution in [0, 0.1) is 0 Å². The van der Waals surface area contributed by atoms with Crippen molar-refractivity contribution in [1.29, 1.82) is 0 Å². The van der Waals surface area contributed by atoms with E-state index in [4.69, 9.17) is 10.5 Å². The van der Waals surface area contributed by atoms with Gasteiger partial charge in [-0.25, -0.2) is 18.2 Å². The van der Waals surface area contributed by atoms with Crippen LogP contribution in [0.15, 0.2) is 82.7 Å². The summed E-state index contributed by atoms with van der Waals surface area (Å²) in [6, 6.07) is 17.8. The van der Waals surface area contributed by atoms with Crippen LogP contribution < -0.4 is 11.1 Å². The van der Waals surface area contributed by atoms with Crippen molar-refractivity contribution in [2.24, 2.45) is 5.73 Å². The van der Waals surface area contributed by atoms with Crippen molar-refractivity contribution in [1.82, 2.24) is 10.3 Å². The van der Waals surface area contributed by atoms with Crippen molar-refractivity contribution in [2.75, 3.05) is 0 Å². The van der Waals surface area contributed by atoms with Crippen molar-refractivity contribution in [3.8, 4) is 10.6 Å². The summed E-state index contributed by atoms with van der Waals surface area (Å²) in [5.74, 6) is -0.709. The second kappa shape index (κ2) is 10.2. The average molecular weight is 548 g/mol. The number of nitrogens with two attached hydrogens (primary N) is 1. The quantitative estimate of drug-likeness (QED) is 0.372. The summed E-state index contributed by atoms with van der Waals surface area (Å²) in [4.78, 5) is 41.6. The van der Waals surface area contributed by atoms with E-state index < -0.39 is 21.8 Å². The van der Waals surface area contributed by atoms with E-state index in [2.05, 4.69) is 10.3 Å². The van der Waals surface area contributed by atoms with Crippen LogP contribution >= 0.6 is 11.3 Å². The summed E-state index contributed by atoms with van der Waals surface area (Å²) in [6.07, 6.45) is 0.720. The standard InChI is InChI=1S/C27H21N3O6S2/c28-27(33)36-15-16-5-7-17(8-6-16)26-30-14-20(37-26)13-29-25(32)18-9-10-23-19(11-18)12-22(31)21-3-1-2-4-24(21)38(23,34)35/h1-11,14H,12-13,15H2,(H2,28,33)(H,29,32). The lowest BCUT2D eigenvalue weighted by atomic mass is 10.0. The Morgan fingerprint density at radius 2 is 1.79 bits per heavy atom. The Labute approximate surface area is 222 Å². The number of hydrogen-bond donors (Lipinski definition) is 2. The monoisotopic (exact) mass is 547 g/mol. The zero-order chi connectivity index (χ0) is 26.9. The number of hydrogen-bond acceptors (Lipinski definition) is 8. The molecule has 3 aromatic carbocycles. The van der Waals surface area contributed by atoms with E-state index in [1.54, 1.807) is 18.3 Å². The molecule has 0 fully saturated rings. The largest absolute Gasteiger partial charge is 0.445 e. The number of fused-ring (bicyclic) bond motifs is 2. The van der Waals surface area contributed by atoms with Gasteiger partial charge in [0.25, 0.3) is 5.91 Å². The molecule has 192 valence electrons. The molecule has 0 saturated carbocycles. The van der Waals surface area contributed by atoms with Gasteiger partial charge in [0.2, 0.25) is 9.84 Å². The molecule has 3 N–H and O–H groups in total. The third-order valence-electron chi connectivity index (χ3n) is 6.00. The highest BCUT2D eigenvalue weighted by molar-refractivity contribution is 7.91. The van der Waals surface area contributed by atoms with Gasteiger partial charge in [-0.15, -0.1) is 11.3 Å². The zero-order valence-electron chi connectivity index (χ0n) is 19.8. The Hall–Kier alpha value is -4.35. The van der Waals surface area contributed by atoms with E-state index in [-0.39, 0.29) is 46.3 Å². The van der Waals surface area contributed by atoms with Gasteiger partial charge in [0.05, 0.1) is 16.3 Å². The minimum Gasteiger partial charge on any atom is -0.445 e. The lowest BCUT2D eigenvalue weighted by Gasteiger charge is -2.09. The summed E-state index contributed by atoms with van der Waals surface area (Å²) >= 11 is 1.41. The second-order valence-corrected chi connectivity index (χ2v) is 11.5. The van der Waals surface area contributed by atoms with Crippen LogP contribution in [-0.4, -0.2) is 31.2 Å². The number of Topliss-reactive ketones (excluding diaryl/α,β-unsaturated/α-hetero) is 1. The predicted molar refractivity (Wildman–Crippen MR) is 139 cm³/mol. The van der Waals surface area contributed by atoms with E-state index in [9.17, 15) is 22.8 Å². The number of rotatable bonds is 6. The highest BCUT2D eigenvalue weighted by Gasteiger charge is 2.31. The van der Waals surface area contributed by atoms with Gasteiger partial charge in [-0.05, 0) is 35.4 Å². The van der Waals surface area contributed by atoms with Gasteiger partial charge < -0.3 is 15.8 Å². The van der Waals surface area contributed by atoms with Gasteiger partial charge in [0.1, 0.15) is 11.6 Å². The highest BCUT2D eigenvalue weighted by atomic mass is 32.2. The molecule has 4 aromatic rings. The molecule has 2 amide bonds. The maximum Gasteiger partial charge on any atom is 0.404 e. The summed E-state index contributed by atoms with van der Waals surface area (Å²) in [5, 5.41) is 3.58. The fourth-order valence-corrected chi connectivity index (χ4v) is 6.68. The van der Waals surface area contributed by atoms with Crippen molar-refractivity contribution >= 4 is 39.0 Å². The van der Waals surface area contributed by atoms with Gasteiger partial charge >= 0.3 is 6.09 Å². The number of sulfone groups is 1. The number of nitrogens with one attached hydrogen (secondary N) is 1. The first-order valence-corrected chi connectivity index (χ1v) is 13.8. The van der Waals surface area contributed by atoms with Crippen LogP contribution in [0.1, 0.15) is 36.7 Å². The molecule has 38 heavy (non-hydrogen) atoms. The molecule has 1 aliphatic heterocycles. The third-order valence-corrected chi connectivity index (χ3v) is 8.96. The van der Waals surface area contributed by atoms with Crippen LogP contribution in [0.3, 0.4) is 0 Å². The first kappa shape index (κ1) is 25.3. The maximum absolute atomic E-state index is 13.2. The van der Waals surface area contributed by atoms with Crippen LogP contribution in [0.2, 0.25) is 0 Å². The first-order chi connectivity index (χ1) is 18.2. The molecule has 0 unspecified atom stereocenters. The summed E-state index contributed by atoms with van der Waals surface area (Å²) < 4.78 is 31.1. The van der Waals surface area contributed by atoms with Crippen LogP contribution in [0.5, 0.6) is 0 Å². The summed E-state index contributed by atoms with van der Waals surface area (Å²) in [6.45, 7) is 0.307. The first-order valence-electron chi connectivity index (χ1n) is 11.5. The Morgan fingerprint density at radius 3 is 2.55 bits per heavy atom. The van der Waals surface area contributed by atoms with Crippen molar-refractivity contribution < 1.29 is 27.5 Å². The number of amides is 2. The molecule has 0 atom stereocenters. The molecule has 9 nitrogen and oxygen atoms in total. The Morgan fingerprint density at radius 1 is 1.03 bits per heavy atom. The second-order valence-electron chi connectivity index (χ2n) is 8.54. The predicted octanol–water partition coefficient (Wildman–Crippen LogP) is 3.91. The molecule has 2 heterocycles. The van der Waals surface area contributed by atoms with Crippen LogP contribution in [-0.2, 0) is 34.1 Å².